The number of hydrogen-bond donors (Lipinski definition) is 0. The average Bonchev–Trinajstić information content (AvgIpc) is 2.77. The van der Waals surface area contributed by atoms with Gasteiger partial charge in [0.05, 0.1) is 4.92 Å². The van der Waals surface area contributed by atoms with Crippen molar-refractivity contribution in [2.75, 3.05) is 25.5 Å². The lowest BCUT2D eigenvalue weighted by molar-refractivity contribution is -0.385. The van der Waals surface area contributed by atoms with Gasteiger partial charge >= 0.3 is 0 Å². The molecule has 1 amide bonds. The molecule has 0 unspecified atom stereocenters. The molecule has 1 aliphatic heterocycles. The van der Waals surface area contributed by atoms with Gasteiger partial charge in [-0.2, -0.15) is 0 Å². The van der Waals surface area contributed by atoms with Gasteiger partial charge in [0.2, 0.25) is 0 Å². The van der Waals surface area contributed by atoms with E-state index in [1.807, 2.05) is 14.1 Å². The highest BCUT2D eigenvalue weighted by atomic mass is 16.6. The maximum absolute atomic E-state index is 12.9. The van der Waals surface area contributed by atoms with Crippen LogP contribution in [0.3, 0.4) is 0 Å². The number of pyridine rings is 1. The minimum absolute atomic E-state index is 0.0774. The topological polar surface area (TPSA) is 79.6 Å². The summed E-state index contributed by atoms with van der Waals surface area (Å²) in [6.07, 6.45) is 1.92. The van der Waals surface area contributed by atoms with E-state index in [1.54, 1.807) is 11.8 Å². The molecule has 3 aromatic rings. The number of nitro groups is 1. The third-order valence-corrected chi connectivity index (χ3v) is 5.70. The number of aromatic nitrogens is 1. The summed E-state index contributed by atoms with van der Waals surface area (Å²) in [5.74, 6) is -0.202. The third kappa shape index (κ3) is 4.12. The summed E-state index contributed by atoms with van der Waals surface area (Å²) in [5, 5.41) is 11.0. The van der Waals surface area contributed by atoms with Crippen molar-refractivity contribution in [1.29, 1.82) is 0 Å². The highest BCUT2D eigenvalue weighted by Gasteiger charge is 2.24. The lowest BCUT2D eigenvalue weighted by Gasteiger charge is -2.29. The molecule has 7 heteroatoms. The monoisotopic (exact) mass is 416 g/mol. The standard InChI is InChI=1S/C24H24N4O3/c1-16-11-22(25-14-23(16)28(30)31)24(29)27-10-9-19-12-18(7-8-20(19)15-27)17-5-4-6-21(13-17)26(2)3/h4-8,11-14H,9-10,15H2,1-3H3. The highest BCUT2D eigenvalue weighted by Crippen LogP contribution is 2.29. The first-order valence-electron chi connectivity index (χ1n) is 10.1. The SMILES string of the molecule is Cc1cc(C(=O)N2CCc3cc(-c4cccc(N(C)C)c4)ccc3C2)ncc1[N+](=O)[O-]. The van der Waals surface area contributed by atoms with E-state index < -0.39 is 4.92 Å². The summed E-state index contributed by atoms with van der Waals surface area (Å²) in [6.45, 7) is 2.71. The molecule has 0 saturated heterocycles. The Balaban J connectivity index is 1.54. The van der Waals surface area contributed by atoms with Crippen molar-refractivity contribution in [3.05, 3.63) is 87.2 Å². The van der Waals surface area contributed by atoms with Gasteiger partial charge in [0.25, 0.3) is 11.6 Å². The maximum Gasteiger partial charge on any atom is 0.290 e. The molecule has 0 bridgehead atoms. The van der Waals surface area contributed by atoms with Gasteiger partial charge in [-0.15, -0.1) is 0 Å². The lowest BCUT2D eigenvalue weighted by atomic mass is 9.94. The van der Waals surface area contributed by atoms with Crippen molar-refractivity contribution in [2.24, 2.45) is 0 Å². The number of benzene rings is 2. The summed E-state index contributed by atoms with van der Waals surface area (Å²) in [5.41, 5.74) is 6.43. The van der Waals surface area contributed by atoms with E-state index in [2.05, 4.69) is 52.3 Å². The van der Waals surface area contributed by atoms with Gasteiger partial charge in [-0.05, 0) is 53.8 Å². The van der Waals surface area contributed by atoms with Gasteiger partial charge in [-0.25, -0.2) is 4.98 Å². The van der Waals surface area contributed by atoms with Crippen LogP contribution in [0.2, 0.25) is 0 Å². The molecule has 0 N–H and O–H groups in total. The summed E-state index contributed by atoms with van der Waals surface area (Å²) < 4.78 is 0. The summed E-state index contributed by atoms with van der Waals surface area (Å²) in [4.78, 5) is 31.3. The zero-order valence-electron chi connectivity index (χ0n) is 17.8. The zero-order chi connectivity index (χ0) is 22.1. The van der Waals surface area contributed by atoms with Crippen LogP contribution in [-0.2, 0) is 13.0 Å². The van der Waals surface area contributed by atoms with Crippen molar-refractivity contribution in [1.82, 2.24) is 9.88 Å². The van der Waals surface area contributed by atoms with Crippen LogP contribution in [-0.4, -0.2) is 41.4 Å². The van der Waals surface area contributed by atoms with Crippen molar-refractivity contribution < 1.29 is 9.72 Å². The molecular formula is C24H24N4O3. The Bertz CT molecular complexity index is 1170. The van der Waals surface area contributed by atoms with Gasteiger partial charge in [-0.1, -0.05) is 30.3 Å². The highest BCUT2D eigenvalue weighted by molar-refractivity contribution is 5.93. The van der Waals surface area contributed by atoms with Crippen LogP contribution in [0.15, 0.2) is 54.7 Å². The first-order valence-corrected chi connectivity index (χ1v) is 10.1. The van der Waals surface area contributed by atoms with Gasteiger partial charge in [-0.3, -0.25) is 14.9 Å². The normalized spacial score (nSPS) is 12.9. The van der Waals surface area contributed by atoms with Crippen LogP contribution in [0.25, 0.3) is 11.1 Å². The number of hydrogen-bond acceptors (Lipinski definition) is 5. The second-order valence-corrected chi connectivity index (χ2v) is 8.02. The number of carbonyl (C=O) groups is 1. The van der Waals surface area contributed by atoms with Crippen LogP contribution < -0.4 is 4.90 Å². The van der Waals surface area contributed by atoms with Gasteiger partial charge in [0.15, 0.2) is 0 Å². The molecule has 1 aromatic heterocycles. The molecule has 0 fully saturated rings. The number of anilines is 1. The van der Waals surface area contributed by atoms with Crippen molar-refractivity contribution in [3.63, 3.8) is 0 Å². The summed E-state index contributed by atoms with van der Waals surface area (Å²) in [7, 11) is 4.05. The van der Waals surface area contributed by atoms with Crippen LogP contribution >= 0.6 is 0 Å². The number of rotatable bonds is 4. The third-order valence-electron chi connectivity index (χ3n) is 5.70. The number of carbonyl (C=O) groups excluding carboxylic acids is 1. The van der Waals surface area contributed by atoms with E-state index in [0.29, 0.717) is 18.7 Å². The zero-order valence-corrected chi connectivity index (χ0v) is 17.8. The van der Waals surface area contributed by atoms with Gasteiger partial charge in [0, 0.05) is 38.4 Å². The van der Waals surface area contributed by atoms with Crippen LogP contribution in [0, 0.1) is 17.0 Å². The molecule has 158 valence electrons. The molecule has 31 heavy (non-hydrogen) atoms. The van der Waals surface area contributed by atoms with Gasteiger partial charge < -0.3 is 9.80 Å². The summed E-state index contributed by atoms with van der Waals surface area (Å²) in [6, 6.07) is 16.3. The predicted molar refractivity (Wildman–Crippen MR) is 120 cm³/mol. The number of amides is 1. The quantitative estimate of drug-likeness (QED) is 0.470. The molecule has 2 aromatic carbocycles. The predicted octanol–water partition coefficient (Wildman–Crippen LogP) is 4.23. The van der Waals surface area contributed by atoms with E-state index >= 15 is 0 Å². The minimum Gasteiger partial charge on any atom is -0.378 e. The fourth-order valence-corrected chi connectivity index (χ4v) is 3.89. The first kappa shape index (κ1) is 20.5. The molecule has 7 nitrogen and oxygen atoms in total. The first-order chi connectivity index (χ1) is 14.8. The van der Waals surface area contributed by atoms with E-state index in [9.17, 15) is 14.9 Å². The molecule has 0 saturated carbocycles. The molecule has 2 heterocycles. The van der Waals surface area contributed by atoms with E-state index in [1.165, 1.54) is 11.6 Å². The van der Waals surface area contributed by atoms with Crippen molar-refractivity contribution >= 4 is 17.3 Å². The van der Waals surface area contributed by atoms with E-state index in [0.717, 1.165) is 35.0 Å². The smallest absolute Gasteiger partial charge is 0.290 e. The van der Waals surface area contributed by atoms with Crippen LogP contribution in [0.5, 0.6) is 0 Å². The Kier molecular flexibility index (Phi) is 5.42. The van der Waals surface area contributed by atoms with E-state index in [4.69, 9.17) is 0 Å². The van der Waals surface area contributed by atoms with Gasteiger partial charge in [0.1, 0.15) is 11.9 Å². The number of fused-ring (bicyclic) bond motifs is 1. The Hall–Kier alpha value is -3.74. The Morgan fingerprint density at radius 2 is 1.87 bits per heavy atom. The summed E-state index contributed by atoms with van der Waals surface area (Å²) >= 11 is 0. The fraction of sp³-hybridized carbons (Fsp3) is 0.250. The van der Waals surface area contributed by atoms with Crippen LogP contribution in [0.1, 0.15) is 27.2 Å². The molecule has 0 radical (unpaired) electrons. The Morgan fingerprint density at radius 3 is 2.58 bits per heavy atom. The Labute approximate surface area is 181 Å². The molecule has 1 aliphatic rings. The van der Waals surface area contributed by atoms with Crippen molar-refractivity contribution in [3.8, 4) is 11.1 Å². The number of aryl methyl sites for hydroxylation is 1. The maximum atomic E-state index is 12.9. The molecule has 4 rings (SSSR count). The lowest BCUT2D eigenvalue weighted by Crippen LogP contribution is -2.36. The van der Waals surface area contributed by atoms with Crippen LogP contribution in [0.4, 0.5) is 11.4 Å². The minimum atomic E-state index is -0.487. The van der Waals surface area contributed by atoms with E-state index in [-0.39, 0.29) is 17.3 Å². The second-order valence-electron chi connectivity index (χ2n) is 8.02. The molecule has 0 aliphatic carbocycles. The molecule has 0 atom stereocenters. The molecule has 0 spiro atoms. The fourth-order valence-electron chi connectivity index (χ4n) is 3.89. The second kappa shape index (κ2) is 8.18. The molecular weight excluding hydrogens is 392 g/mol. The largest absolute Gasteiger partial charge is 0.378 e. The number of nitrogens with zero attached hydrogens (tertiary/aromatic N) is 4. The van der Waals surface area contributed by atoms with Crippen molar-refractivity contribution in [2.45, 2.75) is 19.9 Å². The Morgan fingerprint density at radius 1 is 1.10 bits per heavy atom. The average molecular weight is 416 g/mol.